The molecule has 1 aromatic rings. The molecule has 0 spiro atoms. The number of carboxylic acid groups (broad SMARTS) is 1. The Labute approximate surface area is 96.9 Å². The van der Waals surface area contributed by atoms with Gasteiger partial charge in [0.15, 0.2) is 0 Å². The summed E-state index contributed by atoms with van der Waals surface area (Å²) >= 11 is 3.16. The first kappa shape index (κ1) is 12.5. The van der Waals surface area contributed by atoms with E-state index in [9.17, 15) is 4.79 Å². The van der Waals surface area contributed by atoms with Crippen LogP contribution >= 0.6 is 23.1 Å². The molecule has 1 atom stereocenters. The fourth-order valence-corrected chi connectivity index (χ4v) is 2.91. The Balaban J connectivity index is 2.35. The van der Waals surface area contributed by atoms with Crippen LogP contribution < -0.4 is 5.73 Å². The second-order valence-corrected chi connectivity index (χ2v) is 5.53. The third-order valence-corrected chi connectivity index (χ3v) is 4.24. The Morgan fingerprint density at radius 2 is 2.33 bits per heavy atom. The van der Waals surface area contributed by atoms with Crippen LogP contribution in [0.15, 0.2) is 0 Å². The minimum absolute atomic E-state index is 0.424. The molecule has 4 nitrogen and oxygen atoms in total. The van der Waals surface area contributed by atoms with Crippen molar-refractivity contribution in [1.82, 2.24) is 4.98 Å². The number of nitrogens with zero attached hydrogens (tertiary/aromatic N) is 1. The van der Waals surface area contributed by atoms with Gasteiger partial charge in [0.25, 0.3) is 0 Å². The molecule has 0 saturated carbocycles. The van der Waals surface area contributed by atoms with Gasteiger partial charge in [0.2, 0.25) is 0 Å². The molecule has 3 N–H and O–H groups in total. The number of carbonyl (C=O) groups is 1. The third-order valence-electron chi connectivity index (χ3n) is 1.91. The van der Waals surface area contributed by atoms with Gasteiger partial charge in [-0.3, -0.25) is 4.79 Å². The van der Waals surface area contributed by atoms with E-state index in [4.69, 9.17) is 10.8 Å². The Bertz CT molecular complexity index is 332. The van der Waals surface area contributed by atoms with Crippen LogP contribution in [0.1, 0.15) is 15.6 Å². The molecule has 1 rings (SSSR count). The molecule has 0 aromatic carbocycles. The molecule has 0 bridgehead atoms. The van der Waals surface area contributed by atoms with Crippen molar-refractivity contribution >= 4 is 29.1 Å². The summed E-state index contributed by atoms with van der Waals surface area (Å²) in [7, 11) is 0. The van der Waals surface area contributed by atoms with Gasteiger partial charge in [-0.2, -0.15) is 11.8 Å². The van der Waals surface area contributed by atoms with Crippen molar-refractivity contribution in [1.29, 1.82) is 0 Å². The lowest BCUT2D eigenvalue weighted by atomic mass is 10.4. The summed E-state index contributed by atoms with van der Waals surface area (Å²) in [6.07, 6.45) is 0. The van der Waals surface area contributed by atoms with Crippen LogP contribution in [0.25, 0.3) is 0 Å². The molecule has 6 heteroatoms. The lowest BCUT2D eigenvalue weighted by Crippen LogP contribution is -2.32. The van der Waals surface area contributed by atoms with Gasteiger partial charge in [-0.15, -0.1) is 11.3 Å². The number of aliphatic carboxylic acids is 1. The molecule has 0 amide bonds. The molecule has 84 valence electrons. The number of aromatic nitrogens is 1. The molecule has 1 aromatic heterocycles. The molecule has 0 saturated heterocycles. The minimum atomic E-state index is -0.950. The first-order valence-corrected chi connectivity index (χ1v) is 6.47. The second kappa shape index (κ2) is 5.48. The highest BCUT2D eigenvalue weighted by atomic mass is 32.2. The van der Waals surface area contributed by atoms with Crippen LogP contribution in [-0.2, 0) is 10.5 Å². The third kappa shape index (κ3) is 3.81. The number of thioether (sulfide) groups is 1. The number of hydrogen-bond acceptors (Lipinski definition) is 5. The van der Waals surface area contributed by atoms with E-state index in [1.54, 1.807) is 11.3 Å². The average molecular weight is 246 g/mol. The number of rotatable bonds is 5. The molecule has 15 heavy (non-hydrogen) atoms. The monoisotopic (exact) mass is 246 g/mol. The fourth-order valence-electron chi connectivity index (χ4n) is 0.945. The topological polar surface area (TPSA) is 76.2 Å². The maximum atomic E-state index is 10.4. The summed E-state index contributed by atoms with van der Waals surface area (Å²) in [6, 6.07) is -0.780. The molecule has 1 heterocycles. The fraction of sp³-hybridized carbons (Fsp3) is 0.556. The lowest BCUT2D eigenvalue weighted by molar-refractivity contribution is -0.137. The lowest BCUT2D eigenvalue weighted by Gasteiger charge is -2.03. The number of hydrogen-bond donors (Lipinski definition) is 2. The molecular weight excluding hydrogens is 232 g/mol. The Hall–Kier alpha value is -0.590. The Kier molecular flexibility index (Phi) is 4.56. The standard InChI is InChI=1S/C9H14N2O2S2/c1-5-6(2)15-8(11-5)4-14-3-7(10)9(12)13/h7H,3-4,10H2,1-2H3,(H,12,13)/t7-/m0/s1. The van der Waals surface area contributed by atoms with Crippen molar-refractivity contribution in [2.45, 2.75) is 25.6 Å². The van der Waals surface area contributed by atoms with E-state index >= 15 is 0 Å². The van der Waals surface area contributed by atoms with E-state index in [1.807, 2.05) is 13.8 Å². The van der Waals surface area contributed by atoms with Crippen LogP contribution in [0, 0.1) is 13.8 Å². The van der Waals surface area contributed by atoms with Gasteiger partial charge in [0.1, 0.15) is 11.0 Å². The largest absolute Gasteiger partial charge is 0.480 e. The van der Waals surface area contributed by atoms with E-state index in [-0.39, 0.29) is 0 Å². The van der Waals surface area contributed by atoms with E-state index < -0.39 is 12.0 Å². The molecule has 0 unspecified atom stereocenters. The first-order chi connectivity index (χ1) is 7.00. The summed E-state index contributed by atoms with van der Waals surface area (Å²) in [5.41, 5.74) is 6.43. The second-order valence-electron chi connectivity index (χ2n) is 3.21. The zero-order valence-electron chi connectivity index (χ0n) is 8.69. The van der Waals surface area contributed by atoms with Crippen molar-refractivity contribution in [3.8, 4) is 0 Å². The summed E-state index contributed by atoms with van der Waals surface area (Å²) in [4.78, 5) is 16.0. The van der Waals surface area contributed by atoms with E-state index in [2.05, 4.69) is 4.98 Å². The summed E-state index contributed by atoms with van der Waals surface area (Å²) in [5, 5.41) is 9.61. The highest BCUT2D eigenvalue weighted by molar-refractivity contribution is 7.98. The zero-order valence-corrected chi connectivity index (χ0v) is 10.3. The highest BCUT2D eigenvalue weighted by Crippen LogP contribution is 2.21. The zero-order chi connectivity index (χ0) is 11.4. The summed E-state index contributed by atoms with van der Waals surface area (Å²) < 4.78 is 0. The molecular formula is C9H14N2O2S2. The molecule has 0 aliphatic rings. The normalized spacial score (nSPS) is 12.7. The number of carboxylic acids is 1. The van der Waals surface area contributed by atoms with E-state index in [0.717, 1.165) is 16.5 Å². The van der Waals surface area contributed by atoms with Gasteiger partial charge in [-0.25, -0.2) is 4.98 Å². The number of aryl methyl sites for hydroxylation is 2. The highest BCUT2D eigenvalue weighted by Gasteiger charge is 2.11. The van der Waals surface area contributed by atoms with Crippen LogP contribution in [0.5, 0.6) is 0 Å². The molecule has 0 radical (unpaired) electrons. The summed E-state index contributed by atoms with van der Waals surface area (Å²) in [5.74, 6) is 0.210. The summed E-state index contributed by atoms with van der Waals surface area (Å²) in [6.45, 7) is 4.01. The van der Waals surface area contributed by atoms with Gasteiger partial charge in [-0.05, 0) is 13.8 Å². The van der Waals surface area contributed by atoms with Crippen LogP contribution in [0.2, 0.25) is 0 Å². The Morgan fingerprint density at radius 3 is 2.80 bits per heavy atom. The van der Waals surface area contributed by atoms with Crippen molar-refractivity contribution in [2.75, 3.05) is 5.75 Å². The van der Waals surface area contributed by atoms with Gasteiger partial charge in [-0.1, -0.05) is 0 Å². The van der Waals surface area contributed by atoms with E-state index in [1.165, 1.54) is 16.6 Å². The Morgan fingerprint density at radius 1 is 1.67 bits per heavy atom. The minimum Gasteiger partial charge on any atom is -0.480 e. The van der Waals surface area contributed by atoms with E-state index in [0.29, 0.717) is 5.75 Å². The molecule has 0 aliphatic carbocycles. The number of nitrogens with two attached hydrogens (primary N) is 1. The maximum absolute atomic E-state index is 10.4. The SMILES string of the molecule is Cc1nc(CSC[C@H](N)C(=O)O)sc1C. The van der Waals surface area contributed by atoms with Crippen molar-refractivity contribution in [3.63, 3.8) is 0 Å². The van der Waals surface area contributed by atoms with Crippen molar-refractivity contribution in [3.05, 3.63) is 15.6 Å². The van der Waals surface area contributed by atoms with Crippen LogP contribution in [0.3, 0.4) is 0 Å². The van der Waals surface area contributed by atoms with Crippen LogP contribution in [0.4, 0.5) is 0 Å². The van der Waals surface area contributed by atoms with Gasteiger partial charge in [0, 0.05) is 16.4 Å². The average Bonchev–Trinajstić information content (AvgIpc) is 2.46. The first-order valence-electron chi connectivity index (χ1n) is 4.49. The van der Waals surface area contributed by atoms with Crippen molar-refractivity contribution in [2.24, 2.45) is 5.73 Å². The maximum Gasteiger partial charge on any atom is 0.321 e. The van der Waals surface area contributed by atoms with Crippen LogP contribution in [-0.4, -0.2) is 27.9 Å². The molecule has 0 fully saturated rings. The smallest absolute Gasteiger partial charge is 0.321 e. The predicted octanol–water partition coefficient (Wildman–Crippen LogP) is 1.41. The van der Waals surface area contributed by atoms with Crippen molar-refractivity contribution < 1.29 is 9.90 Å². The quantitative estimate of drug-likeness (QED) is 0.821. The van der Waals surface area contributed by atoms with Gasteiger partial charge >= 0.3 is 5.97 Å². The predicted molar refractivity (Wildman–Crippen MR) is 63.4 cm³/mol. The number of thiazole rings is 1. The van der Waals surface area contributed by atoms with Gasteiger partial charge in [0.05, 0.1) is 5.69 Å². The van der Waals surface area contributed by atoms with Gasteiger partial charge < -0.3 is 10.8 Å². The molecule has 0 aliphatic heterocycles.